The van der Waals surface area contributed by atoms with Gasteiger partial charge in [0.05, 0.1) is 24.1 Å². The number of thiophene rings is 1. The minimum Gasteiger partial charge on any atom is -0.469 e. The quantitative estimate of drug-likeness (QED) is 0.786. The summed E-state index contributed by atoms with van der Waals surface area (Å²) in [5.41, 5.74) is 0.957. The normalized spacial score (nSPS) is 10.3. The monoisotopic (exact) mass is 253 g/mol. The summed E-state index contributed by atoms with van der Waals surface area (Å²) >= 11 is 3.29. The number of ether oxygens (including phenoxy) is 1. The highest BCUT2D eigenvalue weighted by Crippen LogP contribution is 2.28. The molecule has 5 heteroatoms. The van der Waals surface area contributed by atoms with Crippen LogP contribution < -0.4 is 0 Å². The Morgan fingerprint density at radius 2 is 2.38 bits per heavy atom. The first kappa shape index (κ1) is 11.3. The Bertz CT molecular complexity index is 462. The van der Waals surface area contributed by atoms with Crippen molar-refractivity contribution in [3.8, 4) is 9.88 Å². The van der Waals surface area contributed by atoms with Crippen molar-refractivity contribution in [1.82, 2.24) is 4.98 Å². The molecule has 0 bridgehead atoms. The van der Waals surface area contributed by atoms with E-state index < -0.39 is 0 Å². The lowest BCUT2D eigenvalue weighted by molar-refractivity contribution is -0.140. The van der Waals surface area contributed by atoms with Gasteiger partial charge in [0.15, 0.2) is 0 Å². The van der Waals surface area contributed by atoms with E-state index in [1.807, 2.05) is 22.9 Å². The second-order valence-corrected chi connectivity index (χ2v) is 5.00. The van der Waals surface area contributed by atoms with Gasteiger partial charge >= 0.3 is 5.97 Å². The van der Waals surface area contributed by atoms with E-state index in [4.69, 9.17) is 0 Å². The molecule has 2 rings (SSSR count). The van der Waals surface area contributed by atoms with Crippen LogP contribution in [-0.2, 0) is 16.0 Å². The lowest BCUT2D eigenvalue weighted by Crippen LogP contribution is -2.01. The molecule has 0 radical (unpaired) electrons. The molecule has 0 aliphatic heterocycles. The molecular weight excluding hydrogens is 242 g/mol. The van der Waals surface area contributed by atoms with Gasteiger partial charge in [0.2, 0.25) is 0 Å². The highest BCUT2D eigenvalue weighted by molar-refractivity contribution is 7.20. The lowest BCUT2D eigenvalue weighted by Gasteiger charge is -1.95. The average Bonchev–Trinajstić information content (AvgIpc) is 2.95. The molecule has 3 nitrogen and oxygen atoms in total. The van der Waals surface area contributed by atoms with Crippen LogP contribution in [0.25, 0.3) is 9.88 Å². The summed E-state index contributed by atoms with van der Waals surface area (Å²) in [6.45, 7) is 0. The van der Waals surface area contributed by atoms with Gasteiger partial charge in [-0.15, -0.1) is 22.7 Å². The second-order valence-electron chi connectivity index (χ2n) is 3.20. The Labute approximate surface area is 102 Å². The van der Waals surface area contributed by atoms with Gasteiger partial charge in [0.1, 0.15) is 5.01 Å². The van der Waals surface area contributed by atoms with Crippen molar-refractivity contribution >= 4 is 28.6 Å². The van der Waals surface area contributed by atoms with Crippen LogP contribution in [-0.4, -0.2) is 18.1 Å². The third kappa shape index (κ3) is 2.68. The number of aryl methyl sites for hydroxylation is 1. The van der Waals surface area contributed by atoms with Gasteiger partial charge in [-0.05, 0) is 11.4 Å². The zero-order valence-corrected chi connectivity index (χ0v) is 10.4. The molecule has 0 unspecified atom stereocenters. The zero-order valence-electron chi connectivity index (χ0n) is 8.80. The van der Waals surface area contributed by atoms with Gasteiger partial charge in [-0.2, -0.15) is 0 Å². The fraction of sp³-hybridized carbons (Fsp3) is 0.273. The first-order valence-corrected chi connectivity index (χ1v) is 6.60. The summed E-state index contributed by atoms with van der Waals surface area (Å²) in [5.74, 6) is -0.189. The predicted molar refractivity (Wildman–Crippen MR) is 65.8 cm³/mol. The van der Waals surface area contributed by atoms with Crippen LogP contribution in [0.1, 0.15) is 12.1 Å². The van der Waals surface area contributed by atoms with Crippen molar-refractivity contribution in [2.75, 3.05) is 7.11 Å². The van der Waals surface area contributed by atoms with Crippen LogP contribution in [0.3, 0.4) is 0 Å². The topological polar surface area (TPSA) is 39.2 Å². The molecule has 0 saturated heterocycles. The number of methoxy groups -OCH3 is 1. The van der Waals surface area contributed by atoms with Gasteiger partial charge in [-0.3, -0.25) is 4.79 Å². The molecule has 2 aromatic heterocycles. The van der Waals surface area contributed by atoms with Gasteiger partial charge in [-0.25, -0.2) is 4.98 Å². The van der Waals surface area contributed by atoms with E-state index in [1.165, 1.54) is 12.0 Å². The molecule has 0 fully saturated rings. The fourth-order valence-corrected chi connectivity index (χ4v) is 2.94. The molecule has 0 spiro atoms. The summed E-state index contributed by atoms with van der Waals surface area (Å²) in [6, 6.07) is 4.06. The average molecular weight is 253 g/mol. The van der Waals surface area contributed by atoms with E-state index in [0.29, 0.717) is 12.8 Å². The molecule has 0 aliphatic carbocycles. The zero-order chi connectivity index (χ0) is 11.4. The van der Waals surface area contributed by atoms with Crippen LogP contribution >= 0.6 is 22.7 Å². The molecule has 0 aromatic carbocycles. The van der Waals surface area contributed by atoms with Crippen LogP contribution in [0.2, 0.25) is 0 Å². The Kier molecular flexibility index (Phi) is 3.69. The maximum Gasteiger partial charge on any atom is 0.305 e. The number of esters is 1. The van der Waals surface area contributed by atoms with Crippen molar-refractivity contribution in [2.45, 2.75) is 12.8 Å². The largest absolute Gasteiger partial charge is 0.469 e. The van der Waals surface area contributed by atoms with Crippen molar-refractivity contribution in [3.05, 3.63) is 28.6 Å². The van der Waals surface area contributed by atoms with E-state index in [9.17, 15) is 4.79 Å². The van der Waals surface area contributed by atoms with E-state index in [1.54, 1.807) is 22.7 Å². The van der Waals surface area contributed by atoms with Crippen LogP contribution in [0.15, 0.2) is 22.9 Å². The molecule has 2 aromatic rings. The third-order valence-electron chi connectivity index (χ3n) is 2.10. The molecule has 0 saturated carbocycles. The van der Waals surface area contributed by atoms with Gasteiger partial charge < -0.3 is 4.74 Å². The van der Waals surface area contributed by atoms with Gasteiger partial charge in [0.25, 0.3) is 0 Å². The number of hydrogen-bond donors (Lipinski definition) is 0. The number of hydrogen-bond acceptors (Lipinski definition) is 5. The van der Waals surface area contributed by atoms with Gasteiger partial charge in [0, 0.05) is 11.8 Å². The highest BCUT2D eigenvalue weighted by atomic mass is 32.1. The summed E-state index contributed by atoms with van der Waals surface area (Å²) < 4.78 is 4.59. The summed E-state index contributed by atoms with van der Waals surface area (Å²) in [5, 5.41) is 5.05. The van der Waals surface area contributed by atoms with E-state index in [0.717, 1.165) is 10.7 Å². The van der Waals surface area contributed by atoms with Crippen molar-refractivity contribution < 1.29 is 9.53 Å². The maximum absolute atomic E-state index is 11.0. The molecule has 16 heavy (non-hydrogen) atoms. The molecule has 84 valence electrons. The first-order valence-electron chi connectivity index (χ1n) is 4.84. The standard InChI is InChI=1S/C11H11NO2S2/c1-14-10(13)5-4-8-7-16-11(12-8)9-3-2-6-15-9/h2-3,6-7H,4-5H2,1H3. The molecule has 0 aliphatic rings. The molecular formula is C11H11NO2S2. The molecule has 0 amide bonds. The SMILES string of the molecule is COC(=O)CCc1csc(-c2cccs2)n1. The van der Waals surface area contributed by atoms with E-state index in [-0.39, 0.29) is 5.97 Å². The van der Waals surface area contributed by atoms with Crippen LogP contribution in [0.5, 0.6) is 0 Å². The van der Waals surface area contributed by atoms with E-state index in [2.05, 4.69) is 9.72 Å². The number of thiazole rings is 1. The van der Waals surface area contributed by atoms with Gasteiger partial charge in [-0.1, -0.05) is 6.07 Å². The summed E-state index contributed by atoms with van der Waals surface area (Å²) in [4.78, 5) is 16.6. The lowest BCUT2D eigenvalue weighted by atomic mass is 10.2. The van der Waals surface area contributed by atoms with Crippen LogP contribution in [0.4, 0.5) is 0 Å². The predicted octanol–water partition coefficient (Wildman–Crippen LogP) is 2.98. The molecule has 2 heterocycles. The maximum atomic E-state index is 11.0. The van der Waals surface area contributed by atoms with Crippen molar-refractivity contribution in [1.29, 1.82) is 0 Å². The Balaban J connectivity index is 2.00. The molecule has 0 N–H and O–H groups in total. The fourth-order valence-electron chi connectivity index (χ4n) is 1.27. The Hall–Kier alpha value is -1.20. The van der Waals surface area contributed by atoms with Crippen molar-refractivity contribution in [2.24, 2.45) is 0 Å². The molecule has 0 atom stereocenters. The Morgan fingerprint density at radius 1 is 1.50 bits per heavy atom. The van der Waals surface area contributed by atoms with E-state index >= 15 is 0 Å². The smallest absolute Gasteiger partial charge is 0.305 e. The number of carbonyl (C=O) groups excluding carboxylic acids is 1. The van der Waals surface area contributed by atoms with Crippen LogP contribution in [0, 0.1) is 0 Å². The highest BCUT2D eigenvalue weighted by Gasteiger charge is 2.07. The Morgan fingerprint density at radius 3 is 3.06 bits per heavy atom. The summed E-state index contributed by atoms with van der Waals surface area (Å²) in [7, 11) is 1.40. The summed E-state index contributed by atoms with van der Waals surface area (Å²) in [6.07, 6.45) is 1.04. The number of rotatable bonds is 4. The number of aromatic nitrogens is 1. The third-order valence-corrected chi connectivity index (χ3v) is 4.03. The number of carbonyl (C=O) groups is 1. The number of nitrogens with zero attached hydrogens (tertiary/aromatic N) is 1. The van der Waals surface area contributed by atoms with Crippen molar-refractivity contribution in [3.63, 3.8) is 0 Å². The second kappa shape index (κ2) is 5.23. The first-order chi connectivity index (χ1) is 7.79. The minimum atomic E-state index is -0.189. The minimum absolute atomic E-state index is 0.189.